The van der Waals surface area contributed by atoms with Gasteiger partial charge < -0.3 is 19.9 Å². The largest absolute Gasteiger partial charge is 0.507 e. The molecule has 6 heteroatoms. The van der Waals surface area contributed by atoms with E-state index in [1.54, 1.807) is 12.1 Å². The van der Waals surface area contributed by atoms with E-state index in [9.17, 15) is 9.90 Å². The highest BCUT2D eigenvalue weighted by Crippen LogP contribution is 2.31. The van der Waals surface area contributed by atoms with E-state index in [-0.39, 0.29) is 23.3 Å². The van der Waals surface area contributed by atoms with Gasteiger partial charge in [-0.15, -0.1) is 0 Å². The molecule has 2 fully saturated rings. The van der Waals surface area contributed by atoms with Crippen molar-refractivity contribution in [1.82, 2.24) is 5.32 Å². The first-order chi connectivity index (χ1) is 11.1. The van der Waals surface area contributed by atoms with E-state index in [0.29, 0.717) is 30.1 Å². The maximum Gasteiger partial charge on any atom is 0.255 e. The first-order valence-electron chi connectivity index (χ1n) is 8.10. The van der Waals surface area contributed by atoms with Crippen molar-refractivity contribution in [3.63, 3.8) is 0 Å². The minimum atomic E-state index is -0.261. The Bertz CT molecular complexity index is 560. The zero-order valence-electron chi connectivity index (χ0n) is 13.0. The number of hydrogen-bond acceptors (Lipinski definition) is 4. The highest BCUT2D eigenvalue weighted by atomic mass is 35.5. The highest BCUT2D eigenvalue weighted by Gasteiger charge is 2.34. The van der Waals surface area contributed by atoms with Crippen LogP contribution >= 0.6 is 11.6 Å². The number of rotatable bonds is 3. The fourth-order valence-electron chi connectivity index (χ4n) is 3.49. The summed E-state index contributed by atoms with van der Waals surface area (Å²) in [7, 11) is 0. The molecule has 0 unspecified atom stereocenters. The minimum Gasteiger partial charge on any atom is -0.507 e. The zero-order valence-corrected chi connectivity index (χ0v) is 13.7. The molecule has 5 nitrogen and oxygen atoms in total. The molecule has 0 aliphatic carbocycles. The molecular formula is C17H22ClNO4. The highest BCUT2D eigenvalue weighted by molar-refractivity contribution is 6.30. The van der Waals surface area contributed by atoms with Gasteiger partial charge in [-0.1, -0.05) is 11.6 Å². The molecule has 2 N–H and O–H groups in total. The monoisotopic (exact) mass is 339 g/mol. The number of hydrogen-bond donors (Lipinski definition) is 2. The maximum absolute atomic E-state index is 12.5. The Kier molecular flexibility index (Phi) is 5.41. The van der Waals surface area contributed by atoms with Crippen LogP contribution < -0.4 is 5.32 Å². The van der Waals surface area contributed by atoms with Crippen molar-refractivity contribution < 1.29 is 19.4 Å². The maximum atomic E-state index is 12.5. The van der Waals surface area contributed by atoms with Gasteiger partial charge in [0.05, 0.1) is 12.2 Å². The van der Waals surface area contributed by atoms with Crippen LogP contribution in [0.5, 0.6) is 5.75 Å². The number of halogens is 1. The number of ether oxygens (including phenoxy) is 2. The molecule has 2 heterocycles. The van der Waals surface area contributed by atoms with Crippen LogP contribution in [0.2, 0.25) is 5.02 Å². The lowest BCUT2D eigenvalue weighted by molar-refractivity contribution is -0.0259. The molecule has 0 radical (unpaired) electrons. The third-order valence-electron chi connectivity index (χ3n) is 4.79. The van der Waals surface area contributed by atoms with Gasteiger partial charge in [-0.2, -0.15) is 0 Å². The van der Waals surface area contributed by atoms with Gasteiger partial charge in [-0.05, 0) is 43.4 Å². The first kappa shape index (κ1) is 16.6. The molecule has 0 spiro atoms. The molecule has 2 atom stereocenters. The second kappa shape index (κ2) is 7.51. The summed E-state index contributed by atoms with van der Waals surface area (Å²) in [5, 5.41) is 13.4. The summed E-state index contributed by atoms with van der Waals surface area (Å²) in [5.41, 5.74) is 0.256. The van der Waals surface area contributed by atoms with E-state index in [0.717, 1.165) is 32.5 Å². The molecule has 2 aliphatic rings. The predicted molar refractivity (Wildman–Crippen MR) is 86.8 cm³/mol. The Balaban J connectivity index is 1.69. The average Bonchev–Trinajstić information content (AvgIpc) is 2.56. The van der Waals surface area contributed by atoms with E-state index < -0.39 is 0 Å². The Labute approximate surface area is 140 Å². The van der Waals surface area contributed by atoms with Gasteiger partial charge in [0.1, 0.15) is 5.75 Å². The zero-order chi connectivity index (χ0) is 16.2. The number of aromatic hydroxyl groups is 1. The van der Waals surface area contributed by atoms with Crippen molar-refractivity contribution >= 4 is 17.5 Å². The van der Waals surface area contributed by atoms with Crippen LogP contribution in [0.15, 0.2) is 18.2 Å². The lowest BCUT2D eigenvalue weighted by Crippen LogP contribution is -2.49. The Hall–Kier alpha value is -1.30. The van der Waals surface area contributed by atoms with E-state index in [1.165, 1.54) is 6.07 Å². The number of amides is 1. The normalized spacial score (nSPS) is 26.0. The van der Waals surface area contributed by atoms with Gasteiger partial charge in [0.15, 0.2) is 0 Å². The molecule has 1 aromatic rings. The van der Waals surface area contributed by atoms with Gasteiger partial charge in [-0.25, -0.2) is 0 Å². The van der Waals surface area contributed by atoms with Gasteiger partial charge >= 0.3 is 0 Å². The van der Waals surface area contributed by atoms with Crippen LogP contribution in [0, 0.1) is 11.8 Å². The summed E-state index contributed by atoms with van der Waals surface area (Å²) in [4.78, 5) is 12.5. The van der Waals surface area contributed by atoms with Crippen molar-refractivity contribution in [3.8, 4) is 5.75 Å². The lowest BCUT2D eigenvalue weighted by Gasteiger charge is -2.39. The smallest absolute Gasteiger partial charge is 0.255 e. The topological polar surface area (TPSA) is 67.8 Å². The van der Waals surface area contributed by atoms with Crippen LogP contribution in [0.1, 0.15) is 29.6 Å². The number of nitrogens with one attached hydrogen (secondary N) is 1. The Morgan fingerprint density at radius 3 is 2.65 bits per heavy atom. The Morgan fingerprint density at radius 2 is 1.91 bits per heavy atom. The molecule has 0 saturated carbocycles. The third-order valence-corrected chi connectivity index (χ3v) is 5.03. The fourth-order valence-corrected chi connectivity index (χ4v) is 3.66. The molecule has 1 aromatic carbocycles. The summed E-state index contributed by atoms with van der Waals surface area (Å²) in [6.45, 7) is 2.87. The molecule has 1 amide bonds. The van der Waals surface area contributed by atoms with Crippen molar-refractivity contribution in [1.29, 1.82) is 0 Å². The van der Waals surface area contributed by atoms with Crippen LogP contribution in [-0.2, 0) is 9.47 Å². The number of phenols is 1. The average molecular weight is 340 g/mol. The van der Waals surface area contributed by atoms with Gasteiger partial charge in [0.25, 0.3) is 5.91 Å². The van der Waals surface area contributed by atoms with Crippen molar-refractivity contribution in [2.45, 2.75) is 25.3 Å². The van der Waals surface area contributed by atoms with Crippen LogP contribution in [0.25, 0.3) is 0 Å². The molecule has 126 valence electrons. The van der Waals surface area contributed by atoms with Crippen LogP contribution in [0.3, 0.4) is 0 Å². The summed E-state index contributed by atoms with van der Waals surface area (Å²) in [6.07, 6.45) is 2.81. The van der Waals surface area contributed by atoms with Crippen LogP contribution in [0.4, 0.5) is 0 Å². The number of carbonyl (C=O) groups is 1. The summed E-state index contributed by atoms with van der Waals surface area (Å²) in [5.74, 6) is 0.451. The van der Waals surface area contributed by atoms with Crippen molar-refractivity contribution in [2.75, 3.05) is 26.4 Å². The summed E-state index contributed by atoms with van der Waals surface area (Å²) in [6, 6.07) is 4.61. The summed E-state index contributed by atoms with van der Waals surface area (Å²) >= 11 is 5.82. The van der Waals surface area contributed by atoms with Crippen LogP contribution in [-0.4, -0.2) is 43.5 Å². The molecule has 3 rings (SSSR count). The second-order valence-electron chi connectivity index (χ2n) is 6.22. The molecule has 0 bridgehead atoms. The van der Waals surface area contributed by atoms with E-state index in [4.69, 9.17) is 21.1 Å². The molecule has 0 aromatic heterocycles. The van der Waals surface area contributed by atoms with Crippen molar-refractivity contribution in [2.24, 2.45) is 11.8 Å². The molecule has 2 saturated heterocycles. The number of carbonyl (C=O) groups excluding carboxylic acids is 1. The summed E-state index contributed by atoms with van der Waals surface area (Å²) < 4.78 is 11.1. The third kappa shape index (κ3) is 3.97. The standard InChI is InChI=1S/C17H22ClNO4/c18-12-1-2-13(16(20)9-12)17(21)19-15-5-8-23-10-14(15)11-3-6-22-7-4-11/h1-2,9,11,14-15,20H,3-8,10H2,(H,19,21)/t14-,15-/m0/s1. The lowest BCUT2D eigenvalue weighted by atomic mass is 9.79. The fraction of sp³-hybridized carbons (Fsp3) is 0.588. The number of phenolic OH excluding ortho intramolecular Hbond substituents is 1. The minimum absolute atomic E-state index is 0.0643. The molecule has 2 aliphatic heterocycles. The predicted octanol–water partition coefficient (Wildman–Crippen LogP) is 2.61. The second-order valence-corrected chi connectivity index (χ2v) is 6.66. The molecule has 23 heavy (non-hydrogen) atoms. The quantitative estimate of drug-likeness (QED) is 0.888. The van der Waals surface area contributed by atoms with E-state index in [2.05, 4.69) is 5.32 Å². The van der Waals surface area contributed by atoms with Gasteiger partial charge in [0, 0.05) is 36.8 Å². The van der Waals surface area contributed by atoms with Crippen molar-refractivity contribution in [3.05, 3.63) is 28.8 Å². The molecular weight excluding hydrogens is 318 g/mol. The van der Waals surface area contributed by atoms with Gasteiger partial charge in [-0.3, -0.25) is 4.79 Å². The van der Waals surface area contributed by atoms with Gasteiger partial charge in [0.2, 0.25) is 0 Å². The Morgan fingerprint density at radius 1 is 1.17 bits per heavy atom. The SMILES string of the molecule is O=C(N[C@H]1CCOC[C@H]1C1CCOCC1)c1ccc(Cl)cc1O. The number of benzene rings is 1. The van der Waals surface area contributed by atoms with E-state index in [1.807, 2.05) is 0 Å². The van der Waals surface area contributed by atoms with E-state index >= 15 is 0 Å². The first-order valence-corrected chi connectivity index (χ1v) is 8.48.